The first kappa shape index (κ1) is 25.7. The summed E-state index contributed by atoms with van der Waals surface area (Å²) >= 11 is 4.52. The van der Waals surface area contributed by atoms with Crippen LogP contribution in [0.2, 0.25) is 0 Å². The number of esters is 1. The minimum absolute atomic E-state index is 0.149. The molecule has 35 heavy (non-hydrogen) atoms. The minimum atomic E-state index is -0.396. The molecule has 1 atom stereocenters. The van der Waals surface area contributed by atoms with Crippen LogP contribution in [-0.4, -0.2) is 39.5 Å². The van der Waals surface area contributed by atoms with E-state index in [1.165, 1.54) is 40.0 Å². The first-order valence-corrected chi connectivity index (χ1v) is 14.3. The highest BCUT2D eigenvalue weighted by atomic mass is 32.2. The maximum atomic E-state index is 12.9. The number of nitrogens with one attached hydrogen (secondary N) is 1. The molecule has 0 saturated heterocycles. The van der Waals surface area contributed by atoms with Crippen LogP contribution in [0.3, 0.4) is 0 Å². The number of methoxy groups -OCH3 is 1. The lowest BCUT2D eigenvalue weighted by Crippen LogP contribution is -2.17. The molecule has 0 fully saturated rings. The zero-order valence-corrected chi connectivity index (χ0v) is 22.9. The standard InChI is InChI=1S/C25H30N4O3S3/c1-6-9-29-22(16-11-18(14(2)3)33-12-16)27-28-25(29)34-13-20(30)26-23-21(24(31)32-5)17-8-7-15(4)10-19(17)35-23/h6,11-12,14-15H,1,7-10,13H2,2-5H3,(H,26,30). The van der Waals surface area contributed by atoms with E-state index in [0.717, 1.165) is 36.2 Å². The molecule has 1 amide bonds. The van der Waals surface area contributed by atoms with E-state index in [0.29, 0.717) is 34.1 Å². The number of ether oxygens (including phenoxy) is 1. The molecule has 0 bridgehead atoms. The first-order chi connectivity index (χ1) is 16.8. The summed E-state index contributed by atoms with van der Waals surface area (Å²) in [6.07, 6.45) is 4.58. The Bertz CT molecular complexity index is 1240. The van der Waals surface area contributed by atoms with E-state index in [1.807, 2.05) is 4.57 Å². The predicted octanol–water partition coefficient (Wildman–Crippen LogP) is 6.02. The van der Waals surface area contributed by atoms with E-state index in [1.54, 1.807) is 17.4 Å². The Hall–Kier alpha value is -2.43. The van der Waals surface area contributed by atoms with Crippen molar-refractivity contribution in [2.45, 2.75) is 57.7 Å². The highest BCUT2D eigenvalue weighted by Crippen LogP contribution is 2.40. The fourth-order valence-electron chi connectivity index (χ4n) is 4.13. The van der Waals surface area contributed by atoms with Crippen LogP contribution in [-0.2, 0) is 28.9 Å². The van der Waals surface area contributed by atoms with E-state index < -0.39 is 5.97 Å². The Kier molecular flexibility index (Phi) is 8.13. The molecular formula is C25H30N4O3S3. The van der Waals surface area contributed by atoms with Crippen LogP contribution in [0.4, 0.5) is 5.00 Å². The van der Waals surface area contributed by atoms with Crippen LogP contribution >= 0.6 is 34.4 Å². The summed E-state index contributed by atoms with van der Waals surface area (Å²) in [5, 5.41) is 15.0. The number of nitrogens with zero attached hydrogens (tertiary/aromatic N) is 3. The van der Waals surface area contributed by atoms with Crippen molar-refractivity contribution in [1.29, 1.82) is 0 Å². The summed E-state index contributed by atoms with van der Waals surface area (Å²) < 4.78 is 7.00. The maximum Gasteiger partial charge on any atom is 0.341 e. The maximum absolute atomic E-state index is 12.9. The highest BCUT2D eigenvalue weighted by Gasteiger charge is 2.29. The van der Waals surface area contributed by atoms with Crippen molar-refractivity contribution in [3.63, 3.8) is 0 Å². The number of hydrogen-bond acceptors (Lipinski definition) is 8. The molecule has 0 spiro atoms. The summed E-state index contributed by atoms with van der Waals surface area (Å²) in [6.45, 7) is 11.0. The number of aromatic nitrogens is 3. The van der Waals surface area contributed by atoms with Gasteiger partial charge in [0, 0.05) is 27.2 Å². The number of amides is 1. The van der Waals surface area contributed by atoms with Crippen molar-refractivity contribution < 1.29 is 14.3 Å². The van der Waals surface area contributed by atoms with Gasteiger partial charge >= 0.3 is 5.97 Å². The third-order valence-corrected chi connectivity index (χ3v) is 9.33. The van der Waals surface area contributed by atoms with E-state index in [2.05, 4.69) is 54.3 Å². The zero-order chi connectivity index (χ0) is 25.1. The fourth-order valence-corrected chi connectivity index (χ4v) is 7.19. The molecule has 1 aliphatic carbocycles. The molecule has 0 aliphatic heterocycles. The van der Waals surface area contributed by atoms with Gasteiger partial charge in [-0.1, -0.05) is 38.6 Å². The third-order valence-electron chi connectivity index (χ3n) is 5.96. The average Bonchev–Trinajstić information content (AvgIpc) is 3.54. The number of thiophene rings is 2. The van der Waals surface area contributed by atoms with E-state index in [-0.39, 0.29) is 11.7 Å². The number of rotatable bonds is 9. The van der Waals surface area contributed by atoms with Crippen LogP contribution in [0.25, 0.3) is 11.4 Å². The highest BCUT2D eigenvalue weighted by molar-refractivity contribution is 7.99. The Balaban J connectivity index is 1.50. The Morgan fingerprint density at radius 2 is 2.20 bits per heavy atom. The molecule has 7 nitrogen and oxygen atoms in total. The zero-order valence-electron chi connectivity index (χ0n) is 20.4. The minimum Gasteiger partial charge on any atom is -0.465 e. The number of fused-ring (bicyclic) bond motifs is 1. The Morgan fingerprint density at radius 3 is 2.89 bits per heavy atom. The van der Waals surface area contributed by atoms with Crippen molar-refractivity contribution >= 4 is 51.3 Å². The number of carbonyl (C=O) groups is 2. The van der Waals surface area contributed by atoms with E-state index in [4.69, 9.17) is 4.74 Å². The van der Waals surface area contributed by atoms with Crippen molar-refractivity contribution in [2.24, 2.45) is 5.92 Å². The summed E-state index contributed by atoms with van der Waals surface area (Å²) in [4.78, 5) is 27.9. The van der Waals surface area contributed by atoms with Crippen LogP contribution in [0.5, 0.6) is 0 Å². The van der Waals surface area contributed by atoms with Gasteiger partial charge < -0.3 is 10.1 Å². The van der Waals surface area contributed by atoms with E-state index in [9.17, 15) is 9.59 Å². The normalized spacial score (nSPS) is 15.2. The topological polar surface area (TPSA) is 86.1 Å². The molecule has 3 heterocycles. The van der Waals surface area contributed by atoms with Gasteiger partial charge in [0.05, 0.1) is 18.4 Å². The largest absolute Gasteiger partial charge is 0.465 e. The Labute approximate surface area is 218 Å². The second-order valence-corrected chi connectivity index (χ2v) is 12.0. The van der Waals surface area contributed by atoms with Gasteiger partial charge in [-0.3, -0.25) is 9.36 Å². The lowest BCUT2D eigenvalue weighted by molar-refractivity contribution is -0.113. The third kappa shape index (κ3) is 5.54. The smallest absolute Gasteiger partial charge is 0.341 e. The summed E-state index contributed by atoms with van der Waals surface area (Å²) in [5.41, 5.74) is 2.55. The van der Waals surface area contributed by atoms with Crippen molar-refractivity contribution in [2.75, 3.05) is 18.2 Å². The molecule has 0 radical (unpaired) electrons. The second kappa shape index (κ2) is 11.1. The summed E-state index contributed by atoms with van der Waals surface area (Å²) in [5.74, 6) is 1.34. The van der Waals surface area contributed by atoms with Crippen LogP contribution in [0.1, 0.15) is 58.8 Å². The number of thioether (sulfide) groups is 1. The summed E-state index contributed by atoms with van der Waals surface area (Å²) in [6, 6.07) is 2.15. The molecular weight excluding hydrogens is 501 g/mol. The van der Waals surface area contributed by atoms with Crippen molar-refractivity contribution in [1.82, 2.24) is 14.8 Å². The van der Waals surface area contributed by atoms with Gasteiger partial charge in [-0.15, -0.1) is 39.4 Å². The molecule has 1 N–H and O–H groups in total. The van der Waals surface area contributed by atoms with Crippen LogP contribution in [0, 0.1) is 5.92 Å². The Morgan fingerprint density at radius 1 is 1.40 bits per heavy atom. The predicted molar refractivity (Wildman–Crippen MR) is 144 cm³/mol. The number of hydrogen-bond donors (Lipinski definition) is 1. The van der Waals surface area contributed by atoms with Crippen LogP contribution < -0.4 is 5.32 Å². The number of carbonyl (C=O) groups excluding carboxylic acids is 2. The van der Waals surface area contributed by atoms with Crippen molar-refractivity contribution in [3.05, 3.63) is 45.0 Å². The fraction of sp³-hybridized carbons (Fsp3) is 0.440. The van der Waals surface area contributed by atoms with Gasteiger partial charge in [0.15, 0.2) is 11.0 Å². The van der Waals surface area contributed by atoms with E-state index >= 15 is 0 Å². The molecule has 186 valence electrons. The molecule has 10 heteroatoms. The van der Waals surface area contributed by atoms with Gasteiger partial charge in [-0.05, 0) is 42.7 Å². The monoisotopic (exact) mass is 530 g/mol. The van der Waals surface area contributed by atoms with Crippen LogP contribution in [0.15, 0.2) is 29.3 Å². The quantitative estimate of drug-likeness (QED) is 0.207. The summed E-state index contributed by atoms with van der Waals surface area (Å²) in [7, 11) is 1.38. The second-order valence-electron chi connectivity index (χ2n) is 8.98. The van der Waals surface area contributed by atoms with Gasteiger partial charge in [0.25, 0.3) is 0 Å². The lowest BCUT2D eigenvalue weighted by atomic mass is 9.88. The molecule has 0 saturated carbocycles. The number of allylic oxidation sites excluding steroid dienone is 1. The first-order valence-electron chi connectivity index (χ1n) is 11.6. The molecule has 4 rings (SSSR count). The molecule has 3 aromatic rings. The molecule has 1 aliphatic rings. The lowest BCUT2D eigenvalue weighted by Gasteiger charge is -2.18. The van der Waals surface area contributed by atoms with Crippen molar-refractivity contribution in [3.8, 4) is 11.4 Å². The molecule has 0 aromatic carbocycles. The van der Waals surface area contributed by atoms with Gasteiger partial charge in [0.2, 0.25) is 5.91 Å². The van der Waals surface area contributed by atoms with Gasteiger partial charge in [-0.2, -0.15) is 0 Å². The van der Waals surface area contributed by atoms with Gasteiger partial charge in [-0.25, -0.2) is 4.79 Å². The average molecular weight is 531 g/mol. The number of anilines is 1. The SMILES string of the molecule is C=CCn1c(SCC(=O)Nc2sc3c(c2C(=O)OC)CCC(C)C3)nnc1-c1csc(C(C)C)c1. The molecule has 1 unspecified atom stereocenters. The van der Waals surface area contributed by atoms with Gasteiger partial charge in [0.1, 0.15) is 5.00 Å². The molecule has 3 aromatic heterocycles.